The van der Waals surface area contributed by atoms with Crippen LogP contribution in [0.2, 0.25) is 0 Å². The Morgan fingerprint density at radius 1 is 1.05 bits per heavy atom. The molecule has 8 heteroatoms. The third-order valence-corrected chi connectivity index (χ3v) is 5.86. The van der Waals surface area contributed by atoms with E-state index in [9.17, 15) is 16.8 Å². The normalized spacial score (nSPS) is 12.5. The molecule has 1 rings (SSSR count). The lowest BCUT2D eigenvalue weighted by Crippen LogP contribution is -2.29. The molecule has 108 valence electrons. The molecule has 0 radical (unpaired) electrons. The van der Waals surface area contributed by atoms with Crippen LogP contribution < -0.4 is 10.5 Å². The second-order valence-corrected chi connectivity index (χ2v) is 8.65. The fourth-order valence-corrected chi connectivity index (χ4v) is 4.48. The molecule has 1 aromatic carbocycles. The number of rotatable bonds is 7. The van der Waals surface area contributed by atoms with Crippen LogP contribution in [-0.2, 0) is 32.8 Å². The van der Waals surface area contributed by atoms with Gasteiger partial charge in [0.15, 0.2) is 14.9 Å². The zero-order valence-corrected chi connectivity index (χ0v) is 12.3. The van der Waals surface area contributed by atoms with Gasteiger partial charge in [-0.05, 0) is 24.1 Å². The van der Waals surface area contributed by atoms with E-state index in [0.717, 1.165) is 23.8 Å². The van der Waals surface area contributed by atoms with Crippen LogP contribution in [0.25, 0.3) is 0 Å². The van der Waals surface area contributed by atoms with Crippen molar-refractivity contribution in [3.8, 4) is 0 Å². The van der Waals surface area contributed by atoms with E-state index in [4.69, 9.17) is 5.73 Å². The molecule has 0 aliphatic carbocycles. The Hall–Kier alpha value is -0.960. The van der Waals surface area contributed by atoms with Gasteiger partial charge >= 0.3 is 0 Å². The second kappa shape index (κ2) is 6.47. The van der Waals surface area contributed by atoms with Crippen molar-refractivity contribution in [3.05, 3.63) is 35.4 Å². The highest BCUT2D eigenvalue weighted by molar-refractivity contribution is 8.06. The standard InChI is InChI=1S/C11H18N2O4S2/c1-18(14,15)9-19(16,17)13-8-11-4-2-10(3-5-11)6-7-12/h2-5,13H,6-9,12H2,1H3. The third-order valence-electron chi connectivity index (χ3n) is 2.32. The van der Waals surface area contributed by atoms with Crippen LogP contribution in [0.5, 0.6) is 0 Å². The van der Waals surface area contributed by atoms with Gasteiger partial charge in [0, 0.05) is 12.8 Å². The van der Waals surface area contributed by atoms with Gasteiger partial charge in [-0.2, -0.15) is 0 Å². The zero-order chi connectivity index (χ0) is 14.5. The minimum Gasteiger partial charge on any atom is -0.330 e. The summed E-state index contributed by atoms with van der Waals surface area (Å²) in [4.78, 5) is 0. The van der Waals surface area contributed by atoms with E-state index in [1.807, 2.05) is 12.1 Å². The van der Waals surface area contributed by atoms with E-state index in [0.29, 0.717) is 6.54 Å². The van der Waals surface area contributed by atoms with Crippen LogP contribution in [0.1, 0.15) is 11.1 Å². The predicted octanol–water partition coefficient (Wildman–Crippen LogP) is -0.391. The minimum absolute atomic E-state index is 0.0702. The third kappa shape index (κ3) is 6.67. The molecular weight excluding hydrogens is 288 g/mol. The fraction of sp³-hybridized carbons (Fsp3) is 0.455. The molecule has 1 aromatic rings. The van der Waals surface area contributed by atoms with Gasteiger partial charge in [0.2, 0.25) is 10.0 Å². The summed E-state index contributed by atoms with van der Waals surface area (Å²) in [5.41, 5.74) is 7.26. The second-order valence-electron chi connectivity index (χ2n) is 4.33. The smallest absolute Gasteiger partial charge is 0.226 e. The SMILES string of the molecule is CS(=O)(=O)CS(=O)(=O)NCc1ccc(CCN)cc1. The highest BCUT2D eigenvalue weighted by Gasteiger charge is 2.17. The maximum Gasteiger partial charge on any atom is 0.226 e. The Labute approximate surface area is 114 Å². The maximum atomic E-state index is 11.5. The number of nitrogens with two attached hydrogens (primary N) is 1. The summed E-state index contributed by atoms with van der Waals surface area (Å²) in [6, 6.07) is 7.31. The Morgan fingerprint density at radius 3 is 2.05 bits per heavy atom. The van der Waals surface area contributed by atoms with E-state index in [1.165, 1.54) is 0 Å². The molecule has 0 aromatic heterocycles. The lowest BCUT2D eigenvalue weighted by molar-refractivity contribution is 0.580. The summed E-state index contributed by atoms with van der Waals surface area (Å²) >= 11 is 0. The van der Waals surface area contributed by atoms with E-state index in [1.54, 1.807) is 12.1 Å². The number of hydrogen-bond donors (Lipinski definition) is 2. The summed E-state index contributed by atoms with van der Waals surface area (Å²) in [6.45, 7) is 0.626. The number of hydrogen-bond acceptors (Lipinski definition) is 5. The Bertz CT molecular complexity index is 607. The van der Waals surface area contributed by atoms with Crippen LogP contribution in [0.4, 0.5) is 0 Å². The van der Waals surface area contributed by atoms with Gasteiger partial charge in [0.1, 0.15) is 0 Å². The molecule has 19 heavy (non-hydrogen) atoms. The molecule has 0 saturated heterocycles. The molecule has 0 unspecified atom stereocenters. The monoisotopic (exact) mass is 306 g/mol. The Kier molecular flexibility index (Phi) is 5.48. The Balaban J connectivity index is 2.61. The average Bonchev–Trinajstić information content (AvgIpc) is 2.25. The van der Waals surface area contributed by atoms with E-state index < -0.39 is 24.9 Å². The fourth-order valence-electron chi connectivity index (χ4n) is 1.51. The molecule has 0 aliphatic heterocycles. The van der Waals surface area contributed by atoms with Crippen LogP contribution in [0, 0.1) is 0 Å². The summed E-state index contributed by atoms with van der Waals surface area (Å²) in [7, 11) is -7.38. The summed E-state index contributed by atoms with van der Waals surface area (Å²) in [6.07, 6.45) is 1.65. The topological polar surface area (TPSA) is 106 Å². The highest BCUT2D eigenvalue weighted by Crippen LogP contribution is 2.05. The molecule has 0 spiro atoms. The molecule has 0 bridgehead atoms. The van der Waals surface area contributed by atoms with E-state index in [-0.39, 0.29) is 6.54 Å². The van der Waals surface area contributed by atoms with Crippen molar-refractivity contribution in [1.29, 1.82) is 0 Å². The molecule has 0 aliphatic rings. The lowest BCUT2D eigenvalue weighted by Gasteiger charge is -2.06. The van der Waals surface area contributed by atoms with Crippen LogP contribution in [0.3, 0.4) is 0 Å². The predicted molar refractivity (Wildman–Crippen MR) is 74.7 cm³/mol. The molecule has 0 amide bonds. The first kappa shape index (κ1) is 16.1. The van der Waals surface area contributed by atoms with Gasteiger partial charge in [0.25, 0.3) is 0 Å². The quantitative estimate of drug-likeness (QED) is 0.713. The van der Waals surface area contributed by atoms with Gasteiger partial charge in [-0.25, -0.2) is 21.6 Å². The minimum atomic E-state index is -3.82. The average molecular weight is 306 g/mol. The molecule has 0 saturated carbocycles. The molecular formula is C11H18N2O4S2. The van der Waals surface area contributed by atoms with Crippen molar-refractivity contribution in [1.82, 2.24) is 4.72 Å². The first-order valence-corrected chi connectivity index (χ1v) is 9.36. The van der Waals surface area contributed by atoms with Crippen molar-refractivity contribution in [2.24, 2.45) is 5.73 Å². The molecule has 6 nitrogen and oxygen atoms in total. The van der Waals surface area contributed by atoms with Crippen LogP contribution >= 0.6 is 0 Å². The lowest BCUT2D eigenvalue weighted by atomic mass is 10.1. The van der Waals surface area contributed by atoms with Crippen molar-refractivity contribution in [2.45, 2.75) is 13.0 Å². The van der Waals surface area contributed by atoms with E-state index in [2.05, 4.69) is 4.72 Å². The first-order valence-electron chi connectivity index (χ1n) is 5.65. The number of nitrogens with one attached hydrogen (secondary N) is 1. The van der Waals surface area contributed by atoms with Crippen LogP contribution in [-0.4, -0.2) is 34.7 Å². The van der Waals surface area contributed by atoms with E-state index >= 15 is 0 Å². The van der Waals surface area contributed by atoms with Gasteiger partial charge in [-0.3, -0.25) is 0 Å². The van der Waals surface area contributed by atoms with Gasteiger partial charge in [0.05, 0.1) is 0 Å². The largest absolute Gasteiger partial charge is 0.330 e. The van der Waals surface area contributed by atoms with Gasteiger partial charge in [-0.15, -0.1) is 0 Å². The molecule has 0 fully saturated rings. The molecule has 3 N–H and O–H groups in total. The van der Waals surface area contributed by atoms with Gasteiger partial charge < -0.3 is 5.73 Å². The maximum absolute atomic E-state index is 11.5. The Morgan fingerprint density at radius 2 is 1.58 bits per heavy atom. The summed E-state index contributed by atoms with van der Waals surface area (Å²) in [5, 5.41) is -0.898. The summed E-state index contributed by atoms with van der Waals surface area (Å²) < 4.78 is 47.1. The zero-order valence-electron chi connectivity index (χ0n) is 10.7. The number of benzene rings is 1. The summed E-state index contributed by atoms with van der Waals surface area (Å²) in [5.74, 6) is 0. The molecule has 0 heterocycles. The van der Waals surface area contributed by atoms with Crippen molar-refractivity contribution < 1.29 is 16.8 Å². The first-order chi connectivity index (χ1) is 8.72. The van der Waals surface area contributed by atoms with Crippen molar-refractivity contribution in [3.63, 3.8) is 0 Å². The van der Waals surface area contributed by atoms with Crippen LogP contribution in [0.15, 0.2) is 24.3 Å². The van der Waals surface area contributed by atoms with Crippen molar-refractivity contribution >= 4 is 19.9 Å². The molecule has 0 atom stereocenters. The number of sulfonamides is 1. The van der Waals surface area contributed by atoms with Crippen molar-refractivity contribution in [2.75, 3.05) is 17.9 Å². The van der Waals surface area contributed by atoms with Gasteiger partial charge in [-0.1, -0.05) is 24.3 Å². The highest BCUT2D eigenvalue weighted by atomic mass is 32.3. The number of sulfone groups is 1.